The molecule has 4 aromatic rings. The van der Waals surface area contributed by atoms with E-state index >= 15 is 0 Å². The molecular formula is C35H39ClN4O2S. The summed E-state index contributed by atoms with van der Waals surface area (Å²) >= 11 is 7.58. The van der Waals surface area contributed by atoms with E-state index in [4.69, 9.17) is 16.6 Å². The summed E-state index contributed by atoms with van der Waals surface area (Å²) in [5.74, 6) is 0.159. The van der Waals surface area contributed by atoms with Gasteiger partial charge in [-0.1, -0.05) is 75.0 Å². The Hall–Kier alpha value is -3.26. The van der Waals surface area contributed by atoms with Gasteiger partial charge in [-0.15, -0.1) is 11.3 Å². The van der Waals surface area contributed by atoms with Crippen LogP contribution >= 0.6 is 22.9 Å². The Labute approximate surface area is 262 Å². The second-order valence-electron chi connectivity index (χ2n) is 11.6. The lowest BCUT2D eigenvalue weighted by molar-refractivity contribution is 0.0732. The zero-order valence-corrected chi connectivity index (χ0v) is 26.6. The van der Waals surface area contributed by atoms with Crippen molar-refractivity contribution in [2.75, 3.05) is 26.2 Å². The quantitative estimate of drug-likeness (QED) is 0.234. The van der Waals surface area contributed by atoms with E-state index in [9.17, 15) is 9.59 Å². The summed E-state index contributed by atoms with van der Waals surface area (Å²) in [6.45, 7) is 7.13. The number of thiazole rings is 1. The van der Waals surface area contributed by atoms with E-state index in [0.29, 0.717) is 34.2 Å². The van der Waals surface area contributed by atoms with Crippen molar-refractivity contribution in [2.24, 2.45) is 0 Å². The van der Waals surface area contributed by atoms with Crippen LogP contribution in [0, 0.1) is 0 Å². The third-order valence-electron chi connectivity index (χ3n) is 8.93. The topological polar surface area (TPSA) is 67.2 Å². The molecule has 6 rings (SSSR count). The zero-order chi connectivity index (χ0) is 29.9. The maximum Gasteiger partial charge on any atom is 0.265 e. The summed E-state index contributed by atoms with van der Waals surface area (Å²) in [7, 11) is 0. The molecule has 8 heteroatoms. The van der Waals surface area contributed by atoms with Gasteiger partial charge < -0.3 is 10.2 Å². The van der Waals surface area contributed by atoms with Crippen LogP contribution in [0.3, 0.4) is 0 Å². The molecule has 2 aromatic heterocycles. The van der Waals surface area contributed by atoms with Crippen molar-refractivity contribution >= 4 is 28.8 Å². The SMILES string of the molecule is CCc1cccc(CC)c1-n1c(C2CCCCC2)c(C(=O)N2CCNCC2)cc(-c2nc(-c3ccc(Cl)cc3)cs2)c1=O. The van der Waals surface area contributed by atoms with Crippen LogP contribution in [0.25, 0.3) is 27.5 Å². The minimum absolute atomic E-state index is 0.0126. The molecule has 224 valence electrons. The van der Waals surface area contributed by atoms with Crippen molar-refractivity contribution in [3.8, 4) is 27.5 Å². The molecule has 0 unspecified atom stereocenters. The molecule has 1 saturated carbocycles. The molecule has 6 nitrogen and oxygen atoms in total. The van der Waals surface area contributed by atoms with Gasteiger partial charge in [0.2, 0.25) is 0 Å². The normalized spacial score (nSPS) is 16.0. The number of hydrogen-bond donors (Lipinski definition) is 1. The van der Waals surface area contributed by atoms with Gasteiger partial charge in [-0.05, 0) is 55.0 Å². The first-order valence-electron chi connectivity index (χ1n) is 15.6. The van der Waals surface area contributed by atoms with E-state index in [0.717, 1.165) is 85.4 Å². The molecule has 0 radical (unpaired) electrons. The van der Waals surface area contributed by atoms with Crippen LogP contribution in [0.2, 0.25) is 5.02 Å². The van der Waals surface area contributed by atoms with Crippen molar-refractivity contribution in [1.82, 2.24) is 19.8 Å². The molecule has 1 aliphatic heterocycles. The molecule has 1 aliphatic carbocycles. The highest BCUT2D eigenvalue weighted by Crippen LogP contribution is 2.39. The predicted octanol–water partition coefficient (Wildman–Crippen LogP) is 7.50. The van der Waals surface area contributed by atoms with Gasteiger partial charge in [0.25, 0.3) is 11.5 Å². The molecular weight excluding hydrogens is 576 g/mol. The number of amides is 1. The number of nitrogens with one attached hydrogen (secondary N) is 1. The summed E-state index contributed by atoms with van der Waals surface area (Å²) in [6.07, 6.45) is 6.95. The minimum Gasteiger partial charge on any atom is -0.336 e. The van der Waals surface area contributed by atoms with E-state index in [-0.39, 0.29) is 17.4 Å². The van der Waals surface area contributed by atoms with Crippen molar-refractivity contribution in [1.29, 1.82) is 0 Å². The lowest BCUT2D eigenvalue weighted by atomic mass is 9.83. The van der Waals surface area contributed by atoms with Gasteiger partial charge in [-0.25, -0.2) is 4.98 Å². The number of rotatable bonds is 7. The number of nitrogens with zero attached hydrogens (tertiary/aromatic N) is 3. The Bertz CT molecular complexity index is 1640. The van der Waals surface area contributed by atoms with Crippen molar-refractivity contribution in [3.05, 3.63) is 91.7 Å². The van der Waals surface area contributed by atoms with Gasteiger partial charge in [0.1, 0.15) is 5.01 Å². The number of carbonyl (C=O) groups is 1. The Morgan fingerprint density at radius 3 is 2.33 bits per heavy atom. The summed E-state index contributed by atoms with van der Waals surface area (Å²) in [5.41, 5.74) is 6.85. The monoisotopic (exact) mass is 614 g/mol. The highest BCUT2D eigenvalue weighted by atomic mass is 35.5. The number of hydrogen-bond acceptors (Lipinski definition) is 5. The molecule has 2 aromatic carbocycles. The predicted molar refractivity (Wildman–Crippen MR) is 177 cm³/mol. The highest BCUT2D eigenvalue weighted by Gasteiger charge is 2.32. The Morgan fingerprint density at radius 1 is 1.00 bits per heavy atom. The van der Waals surface area contributed by atoms with Crippen LogP contribution in [0.5, 0.6) is 0 Å². The largest absolute Gasteiger partial charge is 0.336 e. The van der Waals surface area contributed by atoms with Crippen molar-refractivity contribution in [3.63, 3.8) is 0 Å². The first-order valence-corrected chi connectivity index (χ1v) is 16.9. The zero-order valence-electron chi connectivity index (χ0n) is 25.0. The molecule has 1 N–H and O–H groups in total. The Balaban J connectivity index is 1.63. The summed E-state index contributed by atoms with van der Waals surface area (Å²) in [4.78, 5) is 36.2. The Morgan fingerprint density at radius 2 is 1.67 bits per heavy atom. The van der Waals surface area contributed by atoms with Crippen LogP contribution in [-0.4, -0.2) is 46.5 Å². The van der Waals surface area contributed by atoms with Crippen LogP contribution in [0.4, 0.5) is 0 Å². The molecule has 43 heavy (non-hydrogen) atoms. The fourth-order valence-corrected chi connectivity index (χ4v) is 7.61. The Kier molecular flexibility index (Phi) is 9.12. The van der Waals surface area contributed by atoms with Gasteiger partial charge in [0, 0.05) is 53.8 Å². The van der Waals surface area contributed by atoms with Crippen molar-refractivity contribution < 1.29 is 4.79 Å². The van der Waals surface area contributed by atoms with Crippen LogP contribution in [0.15, 0.2) is 58.7 Å². The number of carbonyl (C=O) groups excluding carboxylic acids is 1. The third-order valence-corrected chi connectivity index (χ3v) is 10.1. The fraction of sp³-hybridized carbons (Fsp3) is 0.400. The highest BCUT2D eigenvalue weighted by molar-refractivity contribution is 7.13. The van der Waals surface area contributed by atoms with Gasteiger partial charge in [0.15, 0.2) is 0 Å². The molecule has 0 spiro atoms. The number of aromatic nitrogens is 2. The smallest absolute Gasteiger partial charge is 0.265 e. The molecule has 0 bridgehead atoms. The first kappa shape index (κ1) is 29.8. The standard InChI is InChI=1S/C35H39ClN4O2S/c1-3-23-11-8-12-24(4-2)31(23)40-32(26-9-6-5-7-10-26)28(34(41)39-19-17-37-18-20-39)21-29(35(40)42)33-38-30(22-43-33)25-13-15-27(36)16-14-25/h8,11-16,21-22,26,37H,3-7,9-10,17-20H2,1-2H3. The summed E-state index contributed by atoms with van der Waals surface area (Å²) in [5, 5.41) is 6.64. The molecule has 2 aliphatic rings. The van der Waals surface area contributed by atoms with E-state index < -0.39 is 0 Å². The van der Waals surface area contributed by atoms with Gasteiger partial charge in [-0.2, -0.15) is 0 Å². The van der Waals surface area contributed by atoms with E-state index in [1.54, 1.807) is 0 Å². The molecule has 1 amide bonds. The summed E-state index contributed by atoms with van der Waals surface area (Å²) < 4.78 is 1.95. The van der Waals surface area contributed by atoms with Gasteiger partial charge in [-0.3, -0.25) is 14.2 Å². The van der Waals surface area contributed by atoms with Crippen LogP contribution in [-0.2, 0) is 12.8 Å². The first-order chi connectivity index (χ1) is 21.0. The number of pyridine rings is 1. The average molecular weight is 615 g/mol. The average Bonchev–Trinajstić information content (AvgIpc) is 3.55. The minimum atomic E-state index is -0.0926. The van der Waals surface area contributed by atoms with E-state index in [2.05, 4.69) is 37.4 Å². The fourth-order valence-electron chi connectivity index (χ4n) is 6.65. The van der Waals surface area contributed by atoms with Crippen molar-refractivity contribution in [2.45, 2.75) is 64.7 Å². The second-order valence-corrected chi connectivity index (χ2v) is 12.8. The summed E-state index contributed by atoms with van der Waals surface area (Å²) in [6, 6.07) is 15.8. The number of halogens is 1. The second kappa shape index (κ2) is 13.2. The van der Waals surface area contributed by atoms with Crippen LogP contribution < -0.4 is 10.9 Å². The maximum absolute atomic E-state index is 14.9. The number of aryl methyl sites for hydroxylation is 2. The third kappa shape index (κ3) is 5.95. The van der Waals surface area contributed by atoms with Gasteiger partial charge >= 0.3 is 0 Å². The van der Waals surface area contributed by atoms with Crippen LogP contribution in [0.1, 0.15) is 79.0 Å². The van der Waals surface area contributed by atoms with E-state index in [1.165, 1.54) is 17.8 Å². The number of benzene rings is 2. The maximum atomic E-state index is 14.9. The molecule has 0 atom stereocenters. The lowest BCUT2D eigenvalue weighted by Crippen LogP contribution is -2.47. The molecule has 3 heterocycles. The van der Waals surface area contributed by atoms with E-state index in [1.807, 2.05) is 45.2 Å². The lowest BCUT2D eigenvalue weighted by Gasteiger charge is -2.32. The molecule has 1 saturated heterocycles. The van der Waals surface area contributed by atoms with Gasteiger partial charge in [0.05, 0.1) is 22.5 Å². The number of piperazine rings is 1. The molecule has 2 fully saturated rings. The number of para-hydroxylation sites is 1.